The Kier molecular flexibility index (Phi) is 2.36. The van der Waals surface area contributed by atoms with E-state index >= 15 is 0 Å². The second-order valence-electron chi connectivity index (χ2n) is 3.18. The Bertz CT molecular complexity index is 442. The lowest BCUT2D eigenvalue weighted by molar-refractivity contribution is -0.119. The summed E-state index contributed by atoms with van der Waals surface area (Å²) in [6.07, 6.45) is 1.06. The number of aromatic amines is 1. The third-order valence-electron chi connectivity index (χ3n) is 2.16. The number of rotatable bonds is 2. The zero-order valence-electron chi connectivity index (χ0n) is 8.11. The summed E-state index contributed by atoms with van der Waals surface area (Å²) in [4.78, 5) is 32.0. The second kappa shape index (κ2) is 3.68. The van der Waals surface area contributed by atoms with Crippen molar-refractivity contribution in [3.63, 3.8) is 0 Å². The molecule has 80 valence electrons. The van der Waals surface area contributed by atoms with E-state index in [9.17, 15) is 9.59 Å². The number of amides is 1. The van der Waals surface area contributed by atoms with Crippen molar-refractivity contribution in [1.29, 1.82) is 0 Å². The van der Waals surface area contributed by atoms with Gasteiger partial charge in [-0.05, 0) is 6.42 Å². The maximum Gasteiger partial charge on any atom is 0.351 e. The van der Waals surface area contributed by atoms with Crippen LogP contribution in [-0.2, 0) is 4.79 Å². The number of aromatic nitrogens is 3. The largest absolute Gasteiger partial charge is 0.467 e. The number of carbonyl (C=O) groups excluding carboxylic acids is 1. The van der Waals surface area contributed by atoms with Gasteiger partial charge in [0.2, 0.25) is 5.91 Å². The van der Waals surface area contributed by atoms with Gasteiger partial charge in [0.1, 0.15) is 5.82 Å². The molecule has 1 amide bonds. The molecule has 1 aromatic heterocycles. The number of H-pyrrole nitrogens is 1. The van der Waals surface area contributed by atoms with Crippen LogP contribution in [0.25, 0.3) is 0 Å². The fourth-order valence-electron chi connectivity index (χ4n) is 1.46. The van der Waals surface area contributed by atoms with E-state index in [-0.39, 0.29) is 18.0 Å². The number of nitrogens with zero attached hydrogens (tertiary/aromatic N) is 2. The van der Waals surface area contributed by atoms with Crippen LogP contribution in [0, 0.1) is 0 Å². The molecular weight excluding hydrogens is 200 g/mol. The molecule has 2 N–H and O–H groups in total. The SMILES string of the molecule is COc1nc(C2CCC(=O)N2)[nH]c(=O)n1. The van der Waals surface area contributed by atoms with E-state index < -0.39 is 5.69 Å². The van der Waals surface area contributed by atoms with Gasteiger partial charge in [0, 0.05) is 6.42 Å². The van der Waals surface area contributed by atoms with Crippen LogP contribution in [-0.4, -0.2) is 28.0 Å². The lowest BCUT2D eigenvalue weighted by Crippen LogP contribution is -2.24. The Balaban J connectivity index is 2.31. The van der Waals surface area contributed by atoms with Gasteiger partial charge in [-0.25, -0.2) is 4.79 Å². The van der Waals surface area contributed by atoms with Gasteiger partial charge in [-0.15, -0.1) is 4.98 Å². The van der Waals surface area contributed by atoms with Crippen molar-refractivity contribution in [3.05, 3.63) is 16.3 Å². The molecule has 0 spiro atoms. The predicted molar refractivity (Wildman–Crippen MR) is 49.3 cm³/mol. The third kappa shape index (κ3) is 1.95. The first-order chi connectivity index (χ1) is 7.19. The van der Waals surface area contributed by atoms with E-state index in [0.29, 0.717) is 18.7 Å². The molecule has 7 nitrogen and oxygen atoms in total. The highest BCUT2D eigenvalue weighted by atomic mass is 16.5. The normalized spacial score (nSPS) is 20.1. The fraction of sp³-hybridized carbons (Fsp3) is 0.500. The molecule has 1 aliphatic heterocycles. The van der Waals surface area contributed by atoms with Crippen LogP contribution in [0.1, 0.15) is 24.7 Å². The van der Waals surface area contributed by atoms with E-state index in [2.05, 4.69) is 20.3 Å². The lowest BCUT2D eigenvalue weighted by Gasteiger charge is -2.08. The Morgan fingerprint density at radius 1 is 1.40 bits per heavy atom. The van der Waals surface area contributed by atoms with Gasteiger partial charge in [-0.1, -0.05) is 0 Å². The van der Waals surface area contributed by atoms with Gasteiger partial charge >= 0.3 is 11.7 Å². The molecule has 1 saturated heterocycles. The zero-order valence-corrected chi connectivity index (χ0v) is 8.11. The Morgan fingerprint density at radius 3 is 2.80 bits per heavy atom. The van der Waals surface area contributed by atoms with Gasteiger partial charge < -0.3 is 10.1 Å². The van der Waals surface area contributed by atoms with Crippen molar-refractivity contribution in [1.82, 2.24) is 20.3 Å². The average Bonchev–Trinajstić information content (AvgIpc) is 2.64. The molecule has 0 bridgehead atoms. The molecule has 1 fully saturated rings. The van der Waals surface area contributed by atoms with Crippen LogP contribution < -0.4 is 15.7 Å². The minimum atomic E-state index is -0.530. The first kappa shape index (κ1) is 9.63. The Morgan fingerprint density at radius 2 is 2.20 bits per heavy atom. The Hall–Kier alpha value is -1.92. The third-order valence-corrected chi connectivity index (χ3v) is 2.16. The smallest absolute Gasteiger partial charge is 0.351 e. The number of nitrogens with one attached hydrogen (secondary N) is 2. The maximum absolute atomic E-state index is 11.1. The van der Waals surface area contributed by atoms with Crippen LogP contribution >= 0.6 is 0 Å². The molecule has 15 heavy (non-hydrogen) atoms. The first-order valence-electron chi connectivity index (χ1n) is 4.50. The highest BCUT2D eigenvalue weighted by Crippen LogP contribution is 2.20. The number of methoxy groups -OCH3 is 1. The van der Waals surface area contributed by atoms with Crippen molar-refractivity contribution >= 4 is 5.91 Å². The topological polar surface area (TPSA) is 97.0 Å². The lowest BCUT2D eigenvalue weighted by atomic mass is 10.2. The van der Waals surface area contributed by atoms with Crippen molar-refractivity contribution < 1.29 is 9.53 Å². The predicted octanol–water partition coefficient (Wildman–Crippen LogP) is -0.875. The Labute approximate surface area is 84.9 Å². The molecule has 1 aromatic rings. The van der Waals surface area contributed by atoms with Gasteiger partial charge in [0.25, 0.3) is 0 Å². The summed E-state index contributed by atoms with van der Waals surface area (Å²) in [6.45, 7) is 0. The summed E-state index contributed by atoms with van der Waals surface area (Å²) in [6, 6.07) is -0.239. The van der Waals surface area contributed by atoms with Gasteiger partial charge in [0.15, 0.2) is 0 Å². The molecule has 0 radical (unpaired) electrons. The van der Waals surface area contributed by atoms with Crippen LogP contribution in [0.4, 0.5) is 0 Å². The van der Waals surface area contributed by atoms with Crippen LogP contribution in [0.2, 0.25) is 0 Å². The van der Waals surface area contributed by atoms with Gasteiger partial charge in [-0.3, -0.25) is 9.78 Å². The monoisotopic (exact) mass is 210 g/mol. The summed E-state index contributed by atoms with van der Waals surface area (Å²) >= 11 is 0. The molecule has 0 saturated carbocycles. The van der Waals surface area contributed by atoms with Crippen molar-refractivity contribution in [3.8, 4) is 6.01 Å². The summed E-state index contributed by atoms with van der Waals surface area (Å²) in [5.41, 5.74) is -0.530. The summed E-state index contributed by atoms with van der Waals surface area (Å²) in [5, 5.41) is 2.69. The number of hydrogen-bond donors (Lipinski definition) is 2. The number of ether oxygens (including phenoxy) is 1. The molecule has 0 aliphatic carbocycles. The molecule has 0 aromatic carbocycles. The molecule has 1 unspecified atom stereocenters. The molecule has 2 heterocycles. The van der Waals surface area contributed by atoms with Crippen LogP contribution in [0.3, 0.4) is 0 Å². The highest BCUT2D eigenvalue weighted by molar-refractivity contribution is 5.78. The van der Waals surface area contributed by atoms with Gasteiger partial charge in [0.05, 0.1) is 13.2 Å². The zero-order chi connectivity index (χ0) is 10.8. The molecule has 2 rings (SSSR count). The fourth-order valence-corrected chi connectivity index (χ4v) is 1.46. The molecule has 1 atom stereocenters. The second-order valence-corrected chi connectivity index (χ2v) is 3.18. The summed E-state index contributed by atoms with van der Waals surface area (Å²) < 4.78 is 4.77. The minimum absolute atomic E-state index is 0.00917. The van der Waals surface area contributed by atoms with Crippen molar-refractivity contribution in [2.75, 3.05) is 7.11 Å². The molecule has 1 aliphatic rings. The van der Waals surface area contributed by atoms with Crippen LogP contribution in [0.15, 0.2) is 4.79 Å². The highest BCUT2D eigenvalue weighted by Gasteiger charge is 2.24. The standard InChI is InChI=1S/C8H10N4O3/c1-15-8-11-6(10-7(14)12-8)4-2-3-5(13)9-4/h4H,2-3H2,1H3,(H,9,13)(H,10,11,12,14). The van der Waals surface area contributed by atoms with Crippen molar-refractivity contribution in [2.45, 2.75) is 18.9 Å². The van der Waals surface area contributed by atoms with Gasteiger partial charge in [-0.2, -0.15) is 4.98 Å². The average molecular weight is 210 g/mol. The van der Waals surface area contributed by atoms with E-state index in [1.165, 1.54) is 7.11 Å². The van der Waals surface area contributed by atoms with Crippen molar-refractivity contribution in [2.24, 2.45) is 0 Å². The first-order valence-corrected chi connectivity index (χ1v) is 4.50. The quantitative estimate of drug-likeness (QED) is 0.661. The number of carbonyl (C=O) groups is 1. The van der Waals surface area contributed by atoms with E-state index in [1.54, 1.807) is 0 Å². The maximum atomic E-state index is 11.1. The minimum Gasteiger partial charge on any atom is -0.467 e. The van der Waals surface area contributed by atoms with Crippen LogP contribution in [0.5, 0.6) is 6.01 Å². The van der Waals surface area contributed by atoms with E-state index in [1.807, 2.05) is 0 Å². The number of hydrogen-bond acceptors (Lipinski definition) is 5. The van der Waals surface area contributed by atoms with E-state index in [0.717, 1.165) is 0 Å². The molecule has 7 heteroatoms. The van der Waals surface area contributed by atoms with E-state index in [4.69, 9.17) is 4.74 Å². The summed E-state index contributed by atoms with van der Waals surface area (Å²) in [5.74, 6) is 0.344. The molecular formula is C8H10N4O3. The summed E-state index contributed by atoms with van der Waals surface area (Å²) in [7, 11) is 1.38.